The molecule has 0 saturated carbocycles. The van der Waals surface area contributed by atoms with E-state index in [-0.39, 0.29) is 23.0 Å². The molecule has 2 aromatic carbocycles. The van der Waals surface area contributed by atoms with Gasteiger partial charge in [-0.2, -0.15) is 0 Å². The first-order valence-corrected chi connectivity index (χ1v) is 10.5. The van der Waals surface area contributed by atoms with E-state index in [1.165, 1.54) is 31.4 Å². The molecule has 150 valence electrons. The van der Waals surface area contributed by atoms with Crippen molar-refractivity contribution in [2.45, 2.75) is 31.0 Å². The van der Waals surface area contributed by atoms with Gasteiger partial charge in [-0.15, -0.1) is 0 Å². The van der Waals surface area contributed by atoms with E-state index in [1.54, 1.807) is 29.2 Å². The summed E-state index contributed by atoms with van der Waals surface area (Å²) in [6, 6.07) is 12.7. The fraction of sp³-hybridized carbons (Fsp3) is 0.350. The number of morpholine rings is 1. The standard InChI is InChI=1S/C20H24N2O5S/c1-14-12-22(13-15(2)27-14)20(23)16-8-10-17(11-9-16)28(24,25)21-18-6-4-5-7-19(18)26-3/h4-11,14-15,21H,12-13H2,1-3H3/t14-,15+. The van der Waals surface area contributed by atoms with E-state index >= 15 is 0 Å². The number of nitrogens with one attached hydrogen (secondary N) is 1. The lowest BCUT2D eigenvalue weighted by atomic mass is 10.1. The summed E-state index contributed by atoms with van der Waals surface area (Å²) < 4.78 is 38.7. The Labute approximate surface area is 165 Å². The van der Waals surface area contributed by atoms with Gasteiger partial charge in [0.1, 0.15) is 5.75 Å². The second-order valence-corrected chi connectivity index (χ2v) is 8.48. The first-order valence-electron chi connectivity index (χ1n) is 9.01. The van der Waals surface area contributed by atoms with Crippen molar-refractivity contribution in [2.24, 2.45) is 0 Å². The fourth-order valence-corrected chi connectivity index (χ4v) is 4.31. The molecule has 28 heavy (non-hydrogen) atoms. The van der Waals surface area contributed by atoms with Crippen LogP contribution in [0.15, 0.2) is 53.4 Å². The average Bonchev–Trinajstić information content (AvgIpc) is 2.67. The summed E-state index contributed by atoms with van der Waals surface area (Å²) in [5, 5.41) is 0. The molecule has 1 N–H and O–H groups in total. The fourth-order valence-electron chi connectivity index (χ4n) is 3.24. The normalized spacial score (nSPS) is 19.9. The molecule has 7 nitrogen and oxygen atoms in total. The molecule has 1 saturated heterocycles. The molecule has 0 aliphatic carbocycles. The molecule has 1 aliphatic rings. The minimum atomic E-state index is -3.81. The molecule has 8 heteroatoms. The Hall–Kier alpha value is -2.58. The van der Waals surface area contributed by atoms with Gasteiger partial charge < -0.3 is 14.4 Å². The van der Waals surface area contributed by atoms with Crippen LogP contribution in [-0.4, -0.2) is 51.6 Å². The van der Waals surface area contributed by atoms with Crippen LogP contribution in [0.2, 0.25) is 0 Å². The smallest absolute Gasteiger partial charge is 0.262 e. The van der Waals surface area contributed by atoms with Gasteiger partial charge in [-0.05, 0) is 50.2 Å². The number of rotatable bonds is 5. The van der Waals surface area contributed by atoms with E-state index in [0.29, 0.717) is 30.1 Å². The van der Waals surface area contributed by atoms with Gasteiger partial charge in [-0.25, -0.2) is 8.42 Å². The van der Waals surface area contributed by atoms with E-state index in [1.807, 2.05) is 13.8 Å². The number of benzene rings is 2. The molecule has 1 amide bonds. The highest BCUT2D eigenvalue weighted by atomic mass is 32.2. The van der Waals surface area contributed by atoms with Crippen LogP contribution >= 0.6 is 0 Å². The van der Waals surface area contributed by atoms with Crippen LogP contribution in [0.3, 0.4) is 0 Å². The number of carbonyl (C=O) groups is 1. The molecule has 0 aromatic heterocycles. The van der Waals surface area contributed by atoms with E-state index in [2.05, 4.69) is 4.72 Å². The summed E-state index contributed by atoms with van der Waals surface area (Å²) in [5.74, 6) is 0.289. The van der Waals surface area contributed by atoms with Crippen LogP contribution in [0.25, 0.3) is 0 Å². The number of hydrogen-bond donors (Lipinski definition) is 1. The van der Waals surface area contributed by atoms with E-state index < -0.39 is 10.0 Å². The molecule has 0 unspecified atom stereocenters. The van der Waals surface area contributed by atoms with Crippen LogP contribution in [0.4, 0.5) is 5.69 Å². The van der Waals surface area contributed by atoms with Crippen molar-refractivity contribution in [2.75, 3.05) is 24.9 Å². The molecular formula is C20H24N2O5S. The van der Waals surface area contributed by atoms with E-state index in [0.717, 1.165) is 0 Å². The van der Waals surface area contributed by atoms with Crippen molar-refractivity contribution in [1.29, 1.82) is 0 Å². The molecule has 2 atom stereocenters. The van der Waals surface area contributed by atoms with Crippen molar-refractivity contribution >= 4 is 21.6 Å². The second-order valence-electron chi connectivity index (χ2n) is 6.80. The van der Waals surface area contributed by atoms with Gasteiger partial charge in [0.25, 0.3) is 15.9 Å². The summed E-state index contributed by atoms with van der Waals surface area (Å²) >= 11 is 0. The summed E-state index contributed by atoms with van der Waals surface area (Å²) in [4.78, 5) is 14.5. The number of ether oxygens (including phenoxy) is 2. The number of carbonyl (C=O) groups excluding carboxylic acids is 1. The number of hydrogen-bond acceptors (Lipinski definition) is 5. The SMILES string of the molecule is COc1ccccc1NS(=O)(=O)c1ccc(C(=O)N2C[C@@H](C)O[C@@H](C)C2)cc1. The van der Waals surface area contributed by atoms with Gasteiger partial charge in [-0.1, -0.05) is 12.1 Å². The zero-order valence-corrected chi connectivity index (χ0v) is 16.9. The van der Waals surface area contributed by atoms with Crippen molar-refractivity contribution in [3.05, 3.63) is 54.1 Å². The molecule has 0 radical (unpaired) electrons. The summed E-state index contributed by atoms with van der Waals surface area (Å²) in [6.45, 7) is 4.88. The van der Waals surface area contributed by atoms with Crippen LogP contribution in [0, 0.1) is 0 Å². The third-order valence-electron chi connectivity index (χ3n) is 4.47. The predicted molar refractivity (Wildman–Crippen MR) is 106 cm³/mol. The number of methoxy groups -OCH3 is 1. The van der Waals surface area contributed by atoms with Gasteiger partial charge in [0, 0.05) is 18.7 Å². The summed E-state index contributed by atoms with van der Waals surface area (Å²) in [5.41, 5.74) is 0.791. The highest BCUT2D eigenvalue weighted by Crippen LogP contribution is 2.26. The lowest BCUT2D eigenvalue weighted by Crippen LogP contribution is -2.48. The van der Waals surface area contributed by atoms with Gasteiger partial charge >= 0.3 is 0 Å². The van der Waals surface area contributed by atoms with Crippen LogP contribution in [-0.2, 0) is 14.8 Å². The van der Waals surface area contributed by atoms with Gasteiger partial charge in [-0.3, -0.25) is 9.52 Å². The summed E-state index contributed by atoms with van der Waals surface area (Å²) in [7, 11) is -2.33. The monoisotopic (exact) mass is 404 g/mol. The number of amides is 1. The van der Waals surface area contributed by atoms with Gasteiger partial charge in [0.15, 0.2) is 0 Å². The minimum absolute atomic E-state index is 0.0302. The third kappa shape index (κ3) is 4.45. The Bertz CT molecular complexity index is 933. The highest BCUT2D eigenvalue weighted by molar-refractivity contribution is 7.92. The average molecular weight is 404 g/mol. The first-order chi connectivity index (χ1) is 13.3. The molecular weight excluding hydrogens is 380 g/mol. The molecule has 1 aliphatic heterocycles. The maximum absolute atomic E-state index is 12.7. The Morgan fingerprint density at radius 2 is 1.68 bits per heavy atom. The number of anilines is 1. The maximum Gasteiger partial charge on any atom is 0.262 e. The molecule has 3 rings (SSSR count). The maximum atomic E-state index is 12.7. The Morgan fingerprint density at radius 1 is 1.07 bits per heavy atom. The van der Waals surface area contributed by atoms with Crippen LogP contribution in [0.1, 0.15) is 24.2 Å². The van der Waals surface area contributed by atoms with Gasteiger partial charge in [0.2, 0.25) is 0 Å². The van der Waals surface area contributed by atoms with Crippen molar-refractivity contribution in [3.63, 3.8) is 0 Å². The lowest BCUT2D eigenvalue weighted by molar-refractivity contribution is -0.0586. The number of sulfonamides is 1. The first kappa shape index (κ1) is 20.2. The predicted octanol–water partition coefficient (Wildman–Crippen LogP) is 2.75. The van der Waals surface area contributed by atoms with E-state index in [4.69, 9.17) is 9.47 Å². The Morgan fingerprint density at radius 3 is 2.29 bits per heavy atom. The van der Waals surface area contributed by atoms with E-state index in [9.17, 15) is 13.2 Å². The minimum Gasteiger partial charge on any atom is -0.495 e. The van der Waals surface area contributed by atoms with Crippen molar-refractivity contribution < 1.29 is 22.7 Å². The summed E-state index contributed by atoms with van der Waals surface area (Å²) in [6.07, 6.45) is -0.0604. The molecule has 1 heterocycles. The Kier molecular flexibility index (Phi) is 5.90. The Balaban J connectivity index is 1.77. The zero-order chi connectivity index (χ0) is 20.3. The van der Waals surface area contributed by atoms with Crippen molar-refractivity contribution in [1.82, 2.24) is 4.90 Å². The topological polar surface area (TPSA) is 84.9 Å². The van der Waals surface area contributed by atoms with Gasteiger partial charge in [0.05, 0.1) is 29.9 Å². The van der Waals surface area contributed by atoms with Crippen LogP contribution in [0.5, 0.6) is 5.75 Å². The number of nitrogens with zero attached hydrogens (tertiary/aromatic N) is 1. The van der Waals surface area contributed by atoms with Crippen LogP contribution < -0.4 is 9.46 Å². The molecule has 2 aromatic rings. The lowest BCUT2D eigenvalue weighted by Gasteiger charge is -2.35. The van der Waals surface area contributed by atoms with Crippen molar-refractivity contribution in [3.8, 4) is 5.75 Å². The molecule has 0 spiro atoms. The second kappa shape index (κ2) is 8.20. The molecule has 1 fully saturated rings. The quantitative estimate of drug-likeness (QED) is 0.828. The number of para-hydroxylation sites is 2. The molecule has 0 bridgehead atoms. The highest BCUT2D eigenvalue weighted by Gasteiger charge is 2.27. The largest absolute Gasteiger partial charge is 0.495 e. The third-order valence-corrected chi connectivity index (χ3v) is 5.85. The zero-order valence-electron chi connectivity index (χ0n) is 16.1.